The van der Waals surface area contributed by atoms with Crippen LogP contribution in [0.25, 0.3) is 0 Å². The average Bonchev–Trinajstić information content (AvgIpc) is 3.09. The molecule has 9 heteroatoms. The molecule has 7 nitrogen and oxygen atoms in total. The van der Waals surface area contributed by atoms with Gasteiger partial charge in [0.05, 0.1) is 30.4 Å². The molecule has 1 atom stereocenters. The van der Waals surface area contributed by atoms with E-state index in [1.165, 1.54) is 37.7 Å². The first-order chi connectivity index (χ1) is 14.7. The molecule has 168 valence electrons. The van der Waals surface area contributed by atoms with E-state index in [1.54, 1.807) is 12.1 Å². The predicted molar refractivity (Wildman–Crippen MR) is 120 cm³/mol. The maximum Gasteiger partial charge on any atom is 0.341 e. The summed E-state index contributed by atoms with van der Waals surface area (Å²) in [6, 6.07) is 6.17. The van der Waals surface area contributed by atoms with Crippen LogP contribution in [0.4, 0.5) is 5.00 Å². The Morgan fingerprint density at radius 3 is 2.55 bits per heavy atom. The molecule has 0 radical (unpaired) electrons. The van der Waals surface area contributed by atoms with Gasteiger partial charge in [0.2, 0.25) is 5.91 Å². The van der Waals surface area contributed by atoms with Crippen molar-refractivity contribution in [1.82, 2.24) is 0 Å². The van der Waals surface area contributed by atoms with Crippen molar-refractivity contribution in [1.29, 1.82) is 0 Å². The molecule has 1 aromatic heterocycles. The molecule has 0 fully saturated rings. The van der Waals surface area contributed by atoms with Gasteiger partial charge in [-0.3, -0.25) is 4.79 Å². The molecule has 0 saturated heterocycles. The van der Waals surface area contributed by atoms with Crippen LogP contribution in [0.2, 0.25) is 0 Å². The number of carbonyl (C=O) groups excluding carboxylic acids is 2. The topological polar surface area (TPSA) is 98.8 Å². The number of amides is 1. The number of rotatable bonds is 8. The molecule has 1 heterocycles. The number of anilines is 1. The van der Waals surface area contributed by atoms with Gasteiger partial charge in [0.25, 0.3) is 0 Å². The first-order valence-electron chi connectivity index (χ1n) is 10.1. The maximum absolute atomic E-state index is 12.5. The zero-order valence-corrected chi connectivity index (χ0v) is 19.5. The fraction of sp³-hybridized carbons (Fsp3) is 0.455. The summed E-state index contributed by atoms with van der Waals surface area (Å²) in [4.78, 5) is 26.1. The number of esters is 1. The van der Waals surface area contributed by atoms with Gasteiger partial charge in [-0.25, -0.2) is 13.2 Å². The summed E-state index contributed by atoms with van der Waals surface area (Å²) in [5, 5.41) is 3.30. The van der Waals surface area contributed by atoms with Crippen LogP contribution in [-0.4, -0.2) is 40.3 Å². The van der Waals surface area contributed by atoms with Gasteiger partial charge in [0.15, 0.2) is 9.84 Å². The number of hydrogen-bond acceptors (Lipinski definition) is 7. The first kappa shape index (κ1) is 23.3. The minimum absolute atomic E-state index is 0.0367. The van der Waals surface area contributed by atoms with Crippen LogP contribution in [0.5, 0.6) is 5.75 Å². The molecule has 0 saturated carbocycles. The van der Waals surface area contributed by atoms with Crippen molar-refractivity contribution in [2.24, 2.45) is 5.92 Å². The second-order valence-electron chi connectivity index (χ2n) is 7.69. The van der Waals surface area contributed by atoms with E-state index in [-0.39, 0.29) is 29.4 Å². The Morgan fingerprint density at radius 1 is 1.19 bits per heavy atom. The number of sulfone groups is 1. The molecule has 1 N–H and O–H groups in total. The number of thiophene rings is 1. The predicted octanol–water partition coefficient (Wildman–Crippen LogP) is 3.86. The lowest BCUT2D eigenvalue weighted by Crippen LogP contribution is -2.17. The number of ether oxygens (including phenoxy) is 2. The van der Waals surface area contributed by atoms with Crippen molar-refractivity contribution in [3.05, 3.63) is 40.3 Å². The third-order valence-corrected chi connectivity index (χ3v) is 8.38. The van der Waals surface area contributed by atoms with Gasteiger partial charge < -0.3 is 14.8 Å². The quantitative estimate of drug-likeness (QED) is 0.595. The van der Waals surface area contributed by atoms with Gasteiger partial charge in [-0.1, -0.05) is 6.92 Å². The SMILES string of the molecule is COC(=O)c1c(NC(=O)CCCS(=O)(=O)c2ccc(OC)cc2)sc2c1CCC(C)C2. The van der Waals surface area contributed by atoms with Crippen molar-refractivity contribution < 1.29 is 27.5 Å². The molecule has 1 amide bonds. The van der Waals surface area contributed by atoms with Crippen LogP contribution in [0.1, 0.15) is 47.0 Å². The fourth-order valence-corrected chi connectivity index (χ4v) is 6.40. The number of fused-ring (bicyclic) bond motifs is 1. The van der Waals surface area contributed by atoms with Crippen molar-refractivity contribution in [2.75, 3.05) is 25.3 Å². The van der Waals surface area contributed by atoms with Crippen molar-refractivity contribution in [3.8, 4) is 5.75 Å². The Morgan fingerprint density at radius 2 is 1.90 bits per heavy atom. The van der Waals surface area contributed by atoms with E-state index >= 15 is 0 Å². The van der Waals surface area contributed by atoms with E-state index in [4.69, 9.17) is 9.47 Å². The summed E-state index contributed by atoms with van der Waals surface area (Å²) < 4.78 is 34.9. The van der Waals surface area contributed by atoms with E-state index in [0.29, 0.717) is 22.2 Å². The average molecular weight is 466 g/mol. The normalized spacial score (nSPS) is 15.8. The van der Waals surface area contributed by atoms with Crippen LogP contribution < -0.4 is 10.1 Å². The lowest BCUT2D eigenvalue weighted by Gasteiger charge is -2.18. The monoisotopic (exact) mass is 465 g/mol. The van der Waals surface area contributed by atoms with E-state index in [0.717, 1.165) is 29.7 Å². The van der Waals surface area contributed by atoms with Gasteiger partial charge in [-0.15, -0.1) is 11.3 Å². The highest BCUT2D eigenvalue weighted by Gasteiger charge is 2.29. The van der Waals surface area contributed by atoms with Gasteiger partial charge in [-0.05, 0) is 61.4 Å². The highest BCUT2D eigenvalue weighted by atomic mass is 32.2. The Labute approximate surface area is 186 Å². The first-order valence-corrected chi connectivity index (χ1v) is 12.6. The van der Waals surface area contributed by atoms with Crippen molar-refractivity contribution in [2.45, 2.75) is 43.9 Å². The summed E-state index contributed by atoms with van der Waals surface area (Å²) >= 11 is 1.41. The molecule has 1 aromatic carbocycles. The van der Waals surface area contributed by atoms with Crippen LogP contribution >= 0.6 is 11.3 Å². The van der Waals surface area contributed by atoms with E-state index in [2.05, 4.69) is 12.2 Å². The highest BCUT2D eigenvalue weighted by Crippen LogP contribution is 2.40. The molecule has 2 aromatic rings. The Kier molecular flexibility index (Phi) is 7.38. The van der Waals surface area contributed by atoms with Gasteiger partial charge in [-0.2, -0.15) is 0 Å². The second kappa shape index (κ2) is 9.82. The number of benzene rings is 1. The molecule has 1 unspecified atom stereocenters. The molecule has 0 spiro atoms. The number of methoxy groups -OCH3 is 2. The van der Waals surface area contributed by atoms with Crippen molar-refractivity contribution >= 4 is 38.1 Å². The lowest BCUT2D eigenvalue weighted by atomic mass is 9.88. The third-order valence-electron chi connectivity index (χ3n) is 5.39. The lowest BCUT2D eigenvalue weighted by molar-refractivity contribution is -0.116. The number of carbonyl (C=O) groups is 2. The third kappa shape index (κ3) is 5.46. The summed E-state index contributed by atoms with van der Waals surface area (Å²) in [5.74, 6) is 0.192. The minimum atomic E-state index is -3.49. The molecular formula is C22H27NO6S2. The second-order valence-corrected chi connectivity index (χ2v) is 10.9. The van der Waals surface area contributed by atoms with Gasteiger partial charge >= 0.3 is 5.97 Å². The molecular weight excluding hydrogens is 438 g/mol. The largest absolute Gasteiger partial charge is 0.497 e. The van der Waals surface area contributed by atoms with Crippen LogP contribution in [-0.2, 0) is 32.2 Å². The van der Waals surface area contributed by atoms with Crippen LogP contribution in [0, 0.1) is 5.92 Å². The summed E-state index contributed by atoms with van der Waals surface area (Å²) in [7, 11) is -0.656. The van der Waals surface area contributed by atoms with Crippen LogP contribution in [0.3, 0.4) is 0 Å². The van der Waals surface area contributed by atoms with E-state index in [9.17, 15) is 18.0 Å². The zero-order valence-electron chi connectivity index (χ0n) is 17.9. The molecule has 1 aliphatic rings. The number of nitrogens with one attached hydrogen (secondary N) is 1. The molecule has 0 aliphatic heterocycles. The fourth-order valence-electron chi connectivity index (χ4n) is 3.67. The van der Waals surface area contributed by atoms with Gasteiger partial charge in [0.1, 0.15) is 10.8 Å². The zero-order chi connectivity index (χ0) is 22.6. The Bertz CT molecular complexity index is 1060. The molecule has 0 bridgehead atoms. The van der Waals surface area contributed by atoms with Gasteiger partial charge in [0, 0.05) is 11.3 Å². The minimum Gasteiger partial charge on any atom is -0.497 e. The van der Waals surface area contributed by atoms with E-state index < -0.39 is 15.8 Å². The summed E-state index contributed by atoms with van der Waals surface area (Å²) in [6.07, 6.45) is 2.86. The Balaban J connectivity index is 1.64. The molecule has 3 rings (SSSR count). The standard InChI is InChI=1S/C22H27NO6S2/c1-14-6-11-17-18(13-14)30-21(20(17)22(25)29-3)23-19(24)5-4-12-31(26,27)16-9-7-15(28-2)8-10-16/h7-10,14H,4-6,11-13H2,1-3H3,(H,23,24). The summed E-state index contributed by atoms with van der Waals surface area (Å²) in [6.45, 7) is 2.17. The molecule has 1 aliphatic carbocycles. The molecule has 31 heavy (non-hydrogen) atoms. The smallest absolute Gasteiger partial charge is 0.341 e. The highest BCUT2D eigenvalue weighted by molar-refractivity contribution is 7.91. The number of hydrogen-bond donors (Lipinski definition) is 1. The maximum atomic E-state index is 12.5. The van der Waals surface area contributed by atoms with Crippen LogP contribution in [0.15, 0.2) is 29.2 Å². The summed E-state index contributed by atoms with van der Waals surface area (Å²) in [5.41, 5.74) is 1.40. The van der Waals surface area contributed by atoms with E-state index in [1.807, 2.05) is 0 Å². The van der Waals surface area contributed by atoms with Crippen molar-refractivity contribution in [3.63, 3.8) is 0 Å². The Hall–Kier alpha value is -2.39.